The summed E-state index contributed by atoms with van der Waals surface area (Å²) in [6.07, 6.45) is 2.44. The highest BCUT2D eigenvalue weighted by atomic mass is 35.5. The average molecular weight is 227 g/mol. The molecule has 0 fully saturated rings. The fourth-order valence-electron chi connectivity index (χ4n) is 1.51. The molecule has 0 amide bonds. The molecule has 0 aliphatic heterocycles. The number of hydrogen-bond acceptors (Lipinski definition) is 2. The van der Waals surface area contributed by atoms with E-state index in [0.29, 0.717) is 0 Å². The van der Waals surface area contributed by atoms with Gasteiger partial charge in [0.1, 0.15) is 0 Å². The summed E-state index contributed by atoms with van der Waals surface area (Å²) in [6.45, 7) is 4.16. The number of rotatable bonds is 5. The van der Waals surface area contributed by atoms with E-state index in [1.54, 1.807) is 0 Å². The van der Waals surface area contributed by atoms with Crippen LogP contribution >= 0.6 is 11.6 Å². The molecular formula is C12H19ClN2. The molecule has 0 saturated heterocycles. The average Bonchev–Trinajstić information content (AvgIpc) is 2.20. The maximum atomic E-state index is 5.93. The summed E-state index contributed by atoms with van der Waals surface area (Å²) in [7, 11) is 2.11. The van der Waals surface area contributed by atoms with Crippen LogP contribution in [0.2, 0.25) is 5.02 Å². The second-order valence-corrected chi connectivity index (χ2v) is 4.37. The van der Waals surface area contributed by atoms with Crippen LogP contribution in [0.4, 0.5) is 5.69 Å². The fourth-order valence-corrected chi connectivity index (χ4v) is 1.70. The minimum atomic E-state index is 0.753. The van der Waals surface area contributed by atoms with Crippen LogP contribution in [0.15, 0.2) is 18.2 Å². The molecule has 2 nitrogen and oxygen atoms in total. The number of nitrogens with zero attached hydrogens (tertiary/aromatic N) is 1. The van der Waals surface area contributed by atoms with Gasteiger partial charge in [-0.3, -0.25) is 0 Å². The van der Waals surface area contributed by atoms with E-state index in [9.17, 15) is 0 Å². The third kappa shape index (κ3) is 4.10. The van der Waals surface area contributed by atoms with Gasteiger partial charge in [-0.2, -0.15) is 0 Å². The van der Waals surface area contributed by atoms with E-state index in [1.807, 2.05) is 18.2 Å². The Morgan fingerprint density at radius 2 is 2.13 bits per heavy atom. The maximum absolute atomic E-state index is 5.93. The van der Waals surface area contributed by atoms with Gasteiger partial charge in [0.25, 0.3) is 0 Å². The minimum absolute atomic E-state index is 0.753. The van der Waals surface area contributed by atoms with Crippen molar-refractivity contribution in [1.82, 2.24) is 4.90 Å². The quantitative estimate of drug-likeness (QED) is 0.782. The second kappa shape index (κ2) is 5.99. The predicted molar refractivity (Wildman–Crippen MR) is 67.1 cm³/mol. The Balaban J connectivity index is 2.59. The van der Waals surface area contributed by atoms with Crippen molar-refractivity contribution in [2.45, 2.75) is 26.3 Å². The van der Waals surface area contributed by atoms with E-state index in [4.69, 9.17) is 17.3 Å². The lowest BCUT2D eigenvalue weighted by Crippen LogP contribution is -2.19. The number of benzene rings is 1. The van der Waals surface area contributed by atoms with E-state index in [1.165, 1.54) is 12.8 Å². The summed E-state index contributed by atoms with van der Waals surface area (Å²) in [5.41, 5.74) is 7.82. The predicted octanol–water partition coefficient (Wildman–Crippen LogP) is 3.15. The number of nitrogens with two attached hydrogens (primary N) is 1. The lowest BCUT2D eigenvalue weighted by molar-refractivity contribution is 0.321. The van der Waals surface area contributed by atoms with Crippen LogP contribution in [-0.2, 0) is 6.54 Å². The Morgan fingerprint density at radius 3 is 2.80 bits per heavy atom. The topological polar surface area (TPSA) is 29.3 Å². The van der Waals surface area contributed by atoms with Gasteiger partial charge in [-0.1, -0.05) is 24.9 Å². The zero-order chi connectivity index (χ0) is 11.3. The molecule has 1 aromatic carbocycles. The number of hydrogen-bond donors (Lipinski definition) is 1. The Labute approximate surface area is 97.0 Å². The van der Waals surface area contributed by atoms with Crippen LogP contribution < -0.4 is 5.73 Å². The van der Waals surface area contributed by atoms with Crippen molar-refractivity contribution in [1.29, 1.82) is 0 Å². The first-order valence-corrected chi connectivity index (χ1v) is 5.73. The maximum Gasteiger partial charge on any atom is 0.0410 e. The van der Waals surface area contributed by atoms with Crippen molar-refractivity contribution in [3.05, 3.63) is 28.8 Å². The molecule has 0 atom stereocenters. The molecule has 0 spiro atoms. The number of anilines is 1. The van der Waals surface area contributed by atoms with E-state index in [-0.39, 0.29) is 0 Å². The molecule has 1 aromatic rings. The van der Waals surface area contributed by atoms with Gasteiger partial charge in [-0.05, 0) is 43.8 Å². The molecule has 84 valence electrons. The zero-order valence-electron chi connectivity index (χ0n) is 9.46. The molecule has 0 unspecified atom stereocenters. The molecule has 0 bridgehead atoms. The fraction of sp³-hybridized carbons (Fsp3) is 0.500. The summed E-state index contributed by atoms with van der Waals surface area (Å²) in [5, 5.41) is 0.753. The number of unbranched alkanes of at least 4 members (excludes halogenated alkanes) is 1. The third-order valence-corrected chi connectivity index (χ3v) is 2.67. The van der Waals surface area contributed by atoms with Gasteiger partial charge in [0.05, 0.1) is 0 Å². The third-order valence-electron chi connectivity index (χ3n) is 2.44. The lowest BCUT2D eigenvalue weighted by Gasteiger charge is -2.17. The SMILES string of the molecule is CCCCN(C)Cc1cc(Cl)ccc1N. The molecule has 0 saturated carbocycles. The smallest absolute Gasteiger partial charge is 0.0410 e. The largest absolute Gasteiger partial charge is 0.398 e. The van der Waals surface area contributed by atoms with E-state index in [2.05, 4.69) is 18.9 Å². The van der Waals surface area contributed by atoms with Crippen molar-refractivity contribution < 1.29 is 0 Å². The van der Waals surface area contributed by atoms with E-state index < -0.39 is 0 Å². The zero-order valence-corrected chi connectivity index (χ0v) is 10.2. The Morgan fingerprint density at radius 1 is 1.40 bits per heavy atom. The van der Waals surface area contributed by atoms with Gasteiger partial charge >= 0.3 is 0 Å². The van der Waals surface area contributed by atoms with E-state index in [0.717, 1.165) is 29.4 Å². The van der Waals surface area contributed by atoms with Gasteiger partial charge in [0.15, 0.2) is 0 Å². The summed E-state index contributed by atoms with van der Waals surface area (Å²) in [6, 6.07) is 5.64. The molecule has 2 N–H and O–H groups in total. The summed E-state index contributed by atoms with van der Waals surface area (Å²) >= 11 is 5.93. The molecule has 3 heteroatoms. The first-order valence-electron chi connectivity index (χ1n) is 5.36. The minimum Gasteiger partial charge on any atom is -0.398 e. The van der Waals surface area contributed by atoms with Gasteiger partial charge in [0.2, 0.25) is 0 Å². The molecule has 0 radical (unpaired) electrons. The standard InChI is InChI=1S/C12H19ClN2/c1-3-4-7-15(2)9-10-8-11(13)5-6-12(10)14/h5-6,8H,3-4,7,9,14H2,1-2H3. The van der Waals surface area contributed by atoms with Crippen molar-refractivity contribution in [3.63, 3.8) is 0 Å². The summed E-state index contributed by atoms with van der Waals surface area (Å²) in [4.78, 5) is 2.27. The van der Waals surface area contributed by atoms with Crippen molar-refractivity contribution in [2.24, 2.45) is 0 Å². The highest BCUT2D eigenvalue weighted by molar-refractivity contribution is 6.30. The van der Waals surface area contributed by atoms with Crippen LogP contribution in [0.1, 0.15) is 25.3 Å². The molecular weight excluding hydrogens is 208 g/mol. The molecule has 0 aromatic heterocycles. The Bertz CT molecular complexity index is 312. The Kier molecular flexibility index (Phi) is 4.92. The van der Waals surface area contributed by atoms with Crippen molar-refractivity contribution in [3.8, 4) is 0 Å². The summed E-state index contributed by atoms with van der Waals surface area (Å²) < 4.78 is 0. The van der Waals surface area contributed by atoms with Gasteiger partial charge in [0, 0.05) is 17.3 Å². The van der Waals surface area contributed by atoms with Crippen LogP contribution in [-0.4, -0.2) is 18.5 Å². The van der Waals surface area contributed by atoms with Crippen LogP contribution in [0.3, 0.4) is 0 Å². The normalized spacial score (nSPS) is 10.9. The monoisotopic (exact) mass is 226 g/mol. The van der Waals surface area contributed by atoms with Crippen LogP contribution in [0, 0.1) is 0 Å². The number of nitrogen functional groups attached to an aromatic ring is 1. The second-order valence-electron chi connectivity index (χ2n) is 3.93. The molecule has 0 heterocycles. The molecule has 15 heavy (non-hydrogen) atoms. The van der Waals surface area contributed by atoms with Crippen LogP contribution in [0.5, 0.6) is 0 Å². The lowest BCUT2D eigenvalue weighted by atomic mass is 10.1. The summed E-state index contributed by atoms with van der Waals surface area (Å²) in [5.74, 6) is 0. The first kappa shape index (κ1) is 12.3. The van der Waals surface area contributed by atoms with Crippen LogP contribution in [0.25, 0.3) is 0 Å². The highest BCUT2D eigenvalue weighted by Gasteiger charge is 2.04. The number of halogens is 1. The Hall–Kier alpha value is -0.730. The molecule has 0 aliphatic rings. The van der Waals surface area contributed by atoms with Crippen molar-refractivity contribution >= 4 is 17.3 Å². The van der Waals surface area contributed by atoms with Gasteiger partial charge in [-0.25, -0.2) is 0 Å². The first-order chi connectivity index (χ1) is 7.13. The van der Waals surface area contributed by atoms with Gasteiger partial charge < -0.3 is 10.6 Å². The molecule has 1 rings (SSSR count). The molecule has 0 aliphatic carbocycles. The highest BCUT2D eigenvalue weighted by Crippen LogP contribution is 2.19. The van der Waals surface area contributed by atoms with Crippen molar-refractivity contribution in [2.75, 3.05) is 19.3 Å². The van der Waals surface area contributed by atoms with E-state index >= 15 is 0 Å². The van der Waals surface area contributed by atoms with Gasteiger partial charge in [-0.15, -0.1) is 0 Å².